The molecule has 0 bridgehead atoms. The van der Waals surface area contributed by atoms with Gasteiger partial charge in [0, 0.05) is 19.9 Å². The lowest BCUT2D eigenvalue weighted by Gasteiger charge is -2.08. The summed E-state index contributed by atoms with van der Waals surface area (Å²) < 4.78 is 0. The average molecular weight is 250 g/mol. The van der Waals surface area contributed by atoms with Gasteiger partial charge in [0.1, 0.15) is 0 Å². The van der Waals surface area contributed by atoms with Crippen molar-refractivity contribution in [2.45, 2.75) is 32.7 Å². The number of nitrogens with one attached hydrogen (secondary N) is 3. The molecule has 1 saturated carbocycles. The van der Waals surface area contributed by atoms with Crippen LogP contribution in [-0.4, -0.2) is 32.8 Å². The maximum Gasteiger partial charge on any atom is 0.236 e. The number of hydrogen-bond acceptors (Lipinski definition) is 6. The highest BCUT2D eigenvalue weighted by molar-refractivity contribution is 5.88. The van der Waals surface area contributed by atoms with Gasteiger partial charge in [0.15, 0.2) is 0 Å². The van der Waals surface area contributed by atoms with Crippen LogP contribution in [0.1, 0.15) is 26.7 Å². The minimum atomic E-state index is -0.285. The van der Waals surface area contributed by atoms with Gasteiger partial charge in [-0.15, -0.1) is 0 Å². The van der Waals surface area contributed by atoms with Crippen LogP contribution in [0.25, 0.3) is 0 Å². The first-order valence-corrected chi connectivity index (χ1v) is 5.61. The molecule has 8 nitrogen and oxygen atoms in total. The third kappa shape index (κ3) is 3.65. The Morgan fingerprint density at radius 1 is 0.944 bits per heavy atom. The lowest BCUT2D eigenvalue weighted by atomic mass is 10.6. The number of rotatable bonds is 4. The molecule has 96 valence electrons. The van der Waals surface area contributed by atoms with E-state index < -0.39 is 0 Å². The van der Waals surface area contributed by atoms with E-state index in [-0.39, 0.29) is 23.7 Å². The molecule has 0 spiro atoms. The molecule has 18 heavy (non-hydrogen) atoms. The molecule has 3 N–H and O–H groups in total. The van der Waals surface area contributed by atoms with E-state index >= 15 is 0 Å². The van der Waals surface area contributed by atoms with Crippen molar-refractivity contribution in [3.63, 3.8) is 0 Å². The van der Waals surface area contributed by atoms with Gasteiger partial charge in [-0.1, -0.05) is 0 Å². The number of amides is 2. The normalized spacial score (nSPS) is 13.9. The van der Waals surface area contributed by atoms with E-state index in [1.807, 2.05) is 0 Å². The Bertz CT molecular complexity index is 451. The van der Waals surface area contributed by atoms with Gasteiger partial charge in [0.05, 0.1) is 0 Å². The van der Waals surface area contributed by atoms with Gasteiger partial charge in [-0.05, 0) is 12.8 Å². The van der Waals surface area contributed by atoms with Gasteiger partial charge in [-0.25, -0.2) is 0 Å². The van der Waals surface area contributed by atoms with Gasteiger partial charge in [0.2, 0.25) is 29.7 Å². The molecule has 1 aromatic rings. The zero-order valence-electron chi connectivity index (χ0n) is 10.1. The van der Waals surface area contributed by atoms with E-state index in [9.17, 15) is 9.59 Å². The summed E-state index contributed by atoms with van der Waals surface area (Å²) in [6.45, 7) is 2.71. The first kappa shape index (κ1) is 12.2. The van der Waals surface area contributed by atoms with Crippen LogP contribution in [0.3, 0.4) is 0 Å². The molecule has 1 aromatic heterocycles. The van der Waals surface area contributed by atoms with Crippen molar-refractivity contribution < 1.29 is 9.59 Å². The Balaban J connectivity index is 2.21. The number of hydrogen-bond donors (Lipinski definition) is 3. The molecule has 2 rings (SSSR count). The van der Waals surface area contributed by atoms with E-state index in [0.29, 0.717) is 12.0 Å². The highest BCUT2D eigenvalue weighted by atomic mass is 16.2. The molecule has 0 unspecified atom stereocenters. The summed E-state index contributed by atoms with van der Waals surface area (Å²) in [6.07, 6.45) is 2.13. The fourth-order valence-corrected chi connectivity index (χ4v) is 1.28. The average Bonchev–Trinajstić information content (AvgIpc) is 2.98. The fraction of sp³-hybridized carbons (Fsp3) is 0.500. The van der Waals surface area contributed by atoms with Crippen LogP contribution in [0.15, 0.2) is 0 Å². The molecular formula is C10H14N6O2. The van der Waals surface area contributed by atoms with Crippen LogP contribution in [0.5, 0.6) is 0 Å². The maximum absolute atomic E-state index is 11.0. The quantitative estimate of drug-likeness (QED) is 0.712. The predicted molar refractivity (Wildman–Crippen MR) is 65.1 cm³/mol. The minimum Gasteiger partial charge on any atom is -0.351 e. The first-order chi connectivity index (χ1) is 8.52. The molecule has 1 aliphatic carbocycles. The lowest BCUT2D eigenvalue weighted by molar-refractivity contribution is -0.115. The molecule has 0 aromatic carbocycles. The summed E-state index contributed by atoms with van der Waals surface area (Å²) >= 11 is 0. The number of anilines is 3. The van der Waals surface area contributed by atoms with Gasteiger partial charge in [-0.2, -0.15) is 15.0 Å². The topological polar surface area (TPSA) is 109 Å². The second-order valence-corrected chi connectivity index (χ2v) is 4.09. The molecule has 1 aliphatic rings. The molecule has 0 atom stereocenters. The predicted octanol–water partition coefficient (Wildman–Crippen LogP) is 0.363. The van der Waals surface area contributed by atoms with Crippen molar-refractivity contribution in [1.82, 2.24) is 15.0 Å². The van der Waals surface area contributed by atoms with Gasteiger partial charge in [-0.3, -0.25) is 20.2 Å². The van der Waals surface area contributed by atoms with E-state index in [4.69, 9.17) is 0 Å². The third-order valence-corrected chi connectivity index (χ3v) is 2.12. The lowest BCUT2D eigenvalue weighted by Crippen LogP contribution is -2.17. The van der Waals surface area contributed by atoms with Crippen LogP contribution in [0.2, 0.25) is 0 Å². The summed E-state index contributed by atoms with van der Waals surface area (Å²) in [6, 6.07) is 0.364. The van der Waals surface area contributed by atoms with Crippen molar-refractivity contribution in [3.8, 4) is 0 Å². The summed E-state index contributed by atoms with van der Waals surface area (Å²) in [5.41, 5.74) is 0. The van der Waals surface area contributed by atoms with Crippen LogP contribution in [0, 0.1) is 0 Å². The monoisotopic (exact) mass is 250 g/mol. The Kier molecular flexibility index (Phi) is 3.35. The largest absolute Gasteiger partial charge is 0.351 e. The van der Waals surface area contributed by atoms with E-state index in [1.165, 1.54) is 13.8 Å². The Hall–Kier alpha value is -2.25. The van der Waals surface area contributed by atoms with E-state index in [0.717, 1.165) is 12.8 Å². The second-order valence-electron chi connectivity index (χ2n) is 4.09. The zero-order chi connectivity index (χ0) is 13.1. The summed E-state index contributed by atoms with van der Waals surface area (Å²) in [5, 5.41) is 8.00. The Morgan fingerprint density at radius 3 is 1.78 bits per heavy atom. The Labute approximate surface area is 104 Å². The molecule has 1 fully saturated rings. The van der Waals surface area contributed by atoms with Crippen LogP contribution in [0.4, 0.5) is 17.8 Å². The molecule has 0 saturated heterocycles. The molecule has 8 heteroatoms. The number of aromatic nitrogens is 3. The summed E-state index contributed by atoms with van der Waals surface area (Å²) in [5.74, 6) is 0.00786. The highest BCUT2D eigenvalue weighted by Gasteiger charge is 2.22. The van der Waals surface area contributed by atoms with E-state index in [2.05, 4.69) is 30.9 Å². The van der Waals surface area contributed by atoms with Crippen LogP contribution in [-0.2, 0) is 9.59 Å². The van der Waals surface area contributed by atoms with Crippen molar-refractivity contribution in [2.75, 3.05) is 16.0 Å². The maximum atomic E-state index is 11.0. The standard InChI is InChI=1S/C10H14N6O2/c1-5(17)11-8-14-9(12-6(2)18)16-10(15-8)13-7-3-4-7/h7H,3-4H2,1-2H3,(H3,11,12,13,14,15,16,17,18). The van der Waals surface area contributed by atoms with Crippen LogP contribution < -0.4 is 16.0 Å². The van der Waals surface area contributed by atoms with Crippen molar-refractivity contribution in [3.05, 3.63) is 0 Å². The number of nitrogens with zero attached hydrogens (tertiary/aromatic N) is 3. The van der Waals surface area contributed by atoms with Crippen LogP contribution >= 0.6 is 0 Å². The van der Waals surface area contributed by atoms with Crippen molar-refractivity contribution in [1.29, 1.82) is 0 Å². The molecule has 2 amide bonds. The third-order valence-electron chi connectivity index (χ3n) is 2.12. The van der Waals surface area contributed by atoms with Gasteiger partial charge < -0.3 is 5.32 Å². The number of carbonyl (C=O) groups excluding carboxylic acids is 2. The molecular weight excluding hydrogens is 236 g/mol. The van der Waals surface area contributed by atoms with Crippen molar-refractivity contribution in [2.24, 2.45) is 0 Å². The SMILES string of the molecule is CC(=O)Nc1nc(NC(C)=O)nc(NC2CC2)n1. The summed E-state index contributed by atoms with van der Waals surface area (Å²) in [4.78, 5) is 34.0. The van der Waals surface area contributed by atoms with E-state index in [1.54, 1.807) is 0 Å². The van der Waals surface area contributed by atoms with Gasteiger partial charge >= 0.3 is 0 Å². The zero-order valence-corrected chi connectivity index (χ0v) is 10.1. The fourth-order valence-electron chi connectivity index (χ4n) is 1.28. The number of carbonyl (C=O) groups is 2. The minimum absolute atomic E-state index is 0.115. The summed E-state index contributed by atoms with van der Waals surface area (Å²) in [7, 11) is 0. The molecule has 1 heterocycles. The molecule has 0 radical (unpaired) electrons. The smallest absolute Gasteiger partial charge is 0.236 e. The van der Waals surface area contributed by atoms with Gasteiger partial charge in [0.25, 0.3) is 0 Å². The highest BCUT2D eigenvalue weighted by Crippen LogP contribution is 2.23. The Morgan fingerprint density at radius 2 is 1.39 bits per heavy atom. The molecule has 0 aliphatic heterocycles. The second kappa shape index (κ2) is 4.94. The first-order valence-electron chi connectivity index (χ1n) is 5.61. The van der Waals surface area contributed by atoms with Crippen molar-refractivity contribution >= 4 is 29.7 Å².